The molecule has 88 valence electrons. The van der Waals surface area contributed by atoms with Crippen LogP contribution in [0.15, 0.2) is 12.3 Å². The van der Waals surface area contributed by atoms with Crippen molar-refractivity contribution in [2.45, 2.75) is 13.0 Å². The smallest absolute Gasteiger partial charge is 0.287 e. The van der Waals surface area contributed by atoms with Crippen LogP contribution in [0.3, 0.4) is 0 Å². The van der Waals surface area contributed by atoms with Crippen LogP contribution in [0.5, 0.6) is 0 Å². The van der Waals surface area contributed by atoms with Crippen molar-refractivity contribution < 1.29 is 14.8 Å². The summed E-state index contributed by atoms with van der Waals surface area (Å²) in [7, 11) is 1.55. The first-order valence-electron chi connectivity index (χ1n) is 4.69. The Balaban J connectivity index is 2.79. The molecule has 1 heterocycles. The van der Waals surface area contributed by atoms with Crippen LogP contribution in [-0.4, -0.2) is 33.2 Å². The average molecular weight is 227 g/mol. The summed E-state index contributed by atoms with van der Waals surface area (Å²) in [5.41, 5.74) is 0.0528. The summed E-state index contributed by atoms with van der Waals surface area (Å²) in [5.74, 6) is -0.448. The minimum Gasteiger partial charge on any atom is -0.392 e. The topological polar surface area (TPSA) is 97.4 Å². The molecule has 0 aliphatic rings. The monoisotopic (exact) mass is 227 g/mol. The first-order valence-corrected chi connectivity index (χ1v) is 4.69. The first-order chi connectivity index (χ1) is 7.41. The van der Waals surface area contributed by atoms with Crippen LogP contribution in [0, 0.1) is 10.1 Å². The predicted octanol–water partition coefficient (Wildman–Crippen LogP) is 0.0439. The highest BCUT2D eigenvalue weighted by Crippen LogP contribution is 2.14. The number of aliphatic hydroxyl groups excluding tert-OH is 1. The van der Waals surface area contributed by atoms with E-state index in [0.29, 0.717) is 0 Å². The second-order valence-electron chi connectivity index (χ2n) is 3.51. The fraction of sp³-hybridized carbons (Fsp3) is 0.444. The molecule has 0 radical (unpaired) electrons. The Hall–Kier alpha value is -1.89. The van der Waals surface area contributed by atoms with Gasteiger partial charge in [0.2, 0.25) is 0 Å². The number of rotatable bonds is 4. The third-order valence-corrected chi connectivity index (χ3v) is 1.99. The molecular weight excluding hydrogens is 214 g/mol. The molecule has 1 rings (SSSR count). The van der Waals surface area contributed by atoms with Crippen LogP contribution in [0.4, 0.5) is 5.69 Å². The standard InChI is InChI=1S/C9H13N3O4/c1-6(13)4-10-9(14)8-3-7(12(15)16)5-11(8)2/h3,5-6,13H,4H2,1-2H3,(H,10,14). The van der Waals surface area contributed by atoms with Gasteiger partial charge in [-0.25, -0.2) is 0 Å². The number of amides is 1. The quantitative estimate of drug-likeness (QED) is 0.560. The second-order valence-corrected chi connectivity index (χ2v) is 3.51. The molecule has 0 fully saturated rings. The Labute approximate surface area is 91.8 Å². The van der Waals surface area contributed by atoms with Crippen LogP contribution < -0.4 is 5.32 Å². The molecule has 0 spiro atoms. The fourth-order valence-corrected chi connectivity index (χ4v) is 1.20. The zero-order valence-electron chi connectivity index (χ0n) is 9.01. The molecule has 1 aromatic heterocycles. The molecule has 1 amide bonds. The summed E-state index contributed by atoms with van der Waals surface area (Å²) in [5, 5.41) is 21.9. The summed E-state index contributed by atoms with van der Waals surface area (Å²) in [6, 6.07) is 1.19. The lowest BCUT2D eigenvalue weighted by Gasteiger charge is -2.06. The lowest BCUT2D eigenvalue weighted by Crippen LogP contribution is -2.31. The number of aryl methyl sites for hydroxylation is 1. The molecular formula is C9H13N3O4. The summed E-state index contributed by atoms with van der Waals surface area (Å²) in [6.45, 7) is 1.64. The Kier molecular flexibility index (Phi) is 3.62. The van der Waals surface area contributed by atoms with Crippen molar-refractivity contribution in [1.29, 1.82) is 0 Å². The molecule has 2 N–H and O–H groups in total. The van der Waals surface area contributed by atoms with Gasteiger partial charge in [-0.2, -0.15) is 0 Å². The molecule has 16 heavy (non-hydrogen) atoms. The van der Waals surface area contributed by atoms with E-state index >= 15 is 0 Å². The minimum absolute atomic E-state index is 0.109. The third-order valence-electron chi connectivity index (χ3n) is 1.99. The molecule has 0 saturated carbocycles. The van der Waals surface area contributed by atoms with Gasteiger partial charge in [0.25, 0.3) is 11.6 Å². The number of hydrogen-bond acceptors (Lipinski definition) is 4. The number of hydrogen-bond donors (Lipinski definition) is 2. The van der Waals surface area contributed by atoms with Crippen LogP contribution >= 0.6 is 0 Å². The molecule has 7 heteroatoms. The van der Waals surface area contributed by atoms with E-state index in [9.17, 15) is 14.9 Å². The lowest BCUT2D eigenvalue weighted by molar-refractivity contribution is -0.384. The Morgan fingerprint density at radius 2 is 2.38 bits per heavy atom. The van der Waals surface area contributed by atoms with Crippen molar-refractivity contribution in [2.24, 2.45) is 7.05 Å². The number of nitrogens with zero attached hydrogens (tertiary/aromatic N) is 2. The summed E-state index contributed by atoms with van der Waals surface area (Å²) < 4.78 is 1.37. The molecule has 0 aromatic carbocycles. The lowest BCUT2D eigenvalue weighted by atomic mass is 10.3. The fourth-order valence-electron chi connectivity index (χ4n) is 1.20. The highest BCUT2D eigenvalue weighted by Gasteiger charge is 2.17. The van der Waals surface area contributed by atoms with E-state index in [2.05, 4.69) is 5.32 Å². The van der Waals surface area contributed by atoms with Crippen LogP contribution in [0.2, 0.25) is 0 Å². The molecule has 1 unspecified atom stereocenters. The number of carbonyl (C=O) groups is 1. The Bertz CT molecular complexity index is 411. The van der Waals surface area contributed by atoms with Gasteiger partial charge in [-0.1, -0.05) is 0 Å². The molecule has 0 saturated heterocycles. The number of nitro groups is 1. The van der Waals surface area contributed by atoms with E-state index < -0.39 is 16.9 Å². The van der Waals surface area contributed by atoms with Gasteiger partial charge in [0.05, 0.1) is 17.2 Å². The predicted molar refractivity (Wildman–Crippen MR) is 56.1 cm³/mol. The van der Waals surface area contributed by atoms with Gasteiger partial charge in [-0.15, -0.1) is 0 Å². The van der Waals surface area contributed by atoms with E-state index in [1.165, 1.54) is 23.8 Å². The van der Waals surface area contributed by atoms with Gasteiger partial charge in [-0.05, 0) is 6.92 Å². The van der Waals surface area contributed by atoms with Gasteiger partial charge < -0.3 is 15.0 Å². The first kappa shape index (κ1) is 12.2. The number of nitrogens with one attached hydrogen (secondary N) is 1. The average Bonchev–Trinajstić information content (AvgIpc) is 2.57. The third kappa shape index (κ3) is 2.80. The maximum atomic E-state index is 11.5. The van der Waals surface area contributed by atoms with Gasteiger partial charge >= 0.3 is 0 Å². The van der Waals surface area contributed by atoms with E-state index in [1.54, 1.807) is 7.05 Å². The largest absolute Gasteiger partial charge is 0.392 e. The van der Waals surface area contributed by atoms with Crippen molar-refractivity contribution >= 4 is 11.6 Å². The van der Waals surface area contributed by atoms with Crippen molar-refractivity contribution in [3.63, 3.8) is 0 Å². The highest BCUT2D eigenvalue weighted by atomic mass is 16.6. The van der Waals surface area contributed by atoms with E-state index in [1.807, 2.05) is 0 Å². The second kappa shape index (κ2) is 4.75. The number of aromatic nitrogens is 1. The van der Waals surface area contributed by atoms with Crippen molar-refractivity contribution in [3.8, 4) is 0 Å². The van der Waals surface area contributed by atoms with Crippen molar-refractivity contribution in [2.75, 3.05) is 6.54 Å². The maximum Gasteiger partial charge on any atom is 0.287 e. The van der Waals surface area contributed by atoms with Gasteiger partial charge in [0, 0.05) is 19.7 Å². The van der Waals surface area contributed by atoms with E-state index in [0.717, 1.165) is 0 Å². The number of aliphatic hydroxyl groups is 1. The molecule has 1 aromatic rings. The summed E-state index contributed by atoms with van der Waals surface area (Å²) in [4.78, 5) is 21.5. The van der Waals surface area contributed by atoms with Crippen molar-refractivity contribution in [3.05, 3.63) is 28.1 Å². The molecule has 0 aliphatic carbocycles. The Morgan fingerprint density at radius 1 is 1.75 bits per heavy atom. The summed E-state index contributed by atoms with van der Waals surface area (Å²) >= 11 is 0. The maximum absolute atomic E-state index is 11.5. The van der Waals surface area contributed by atoms with Gasteiger partial charge in [0.1, 0.15) is 5.69 Å². The highest BCUT2D eigenvalue weighted by molar-refractivity contribution is 5.93. The van der Waals surface area contributed by atoms with E-state index in [-0.39, 0.29) is 17.9 Å². The molecule has 1 atom stereocenters. The van der Waals surface area contributed by atoms with E-state index in [4.69, 9.17) is 5.11 Å². The SMILES string of the molecule is CC(O)CNC(=O)c1cc([N+](=O)[O-])cn1C. The summed E-state index contributed by atoms with van der Waals surface area (Å²) in [6.07, 6.45) is 0.608. The van der Waals surface area contributed by atoms with Gasteiger partial charge in [0.15, 0.2) is 0 Å². The zero-order valence-corrected chi connectivity index (χ0v) is 9.01. The normalized spacial score (nSPS) is 12.2. The van der Waals surface area contributed by atoms with Gasteiger partial charge in [-0.3, -0.25) is 14.9 Å². The number of carbonyl (C=O) groups excluding carboxylic acids is 1. The van der Waals surface area contributed by atoms with Crippen LogP contribution in [-0.2, 0) is 7.05 Å². The van der Waals surface area contributed by atoms with Crippen molar-refractivity contribution in [1.82, 2.24) is 9.88 Å². The van der Waals surface area contributed by atoms with Crippen LogP contribution in [0.25, 0.3) is 0 Å². The molecule has 0 bridgehead atoms. The zero-order chi connectivity index (χ0) is 12.3. The molecule has 7 nitrogen and oxygen atoms in total. The van der Waals surface area contributed by atoms with Crippen LogP contribution in [0.1, 0.15) is 17.4 Å². The minimum atomic E-state index is -0.654. The Morgan fingerprint density at radius 3 is 2.81 bits per heavy atom. The molecule has 0 aliphatic heterocycles.